The van der Waals surface area contributed by atoms with Crippen molar-refractivity contribution in [3.63, 3.8) is 0 Å². The SMILES string of the molecule is Cc1cccc(-c2cc(CO)cc(C(F)(F)F)c2)c1. The van der Waals surface area contributed by atoms with Crippen LogP contribution in [-0.2, 0) is 12.8 Å². The number of aryl methyl sites for hydroxylation is 1. The highest BCUT2D eigenvalue weighted by Gasteiger charge is 2.31. The first-order valence-corrected chi connectivity index (χ1v) is 5.79. The summed E-state index contributed by atoms with van der Waals surface area (Å²) in [6.07, 6.45) is -4.41. The average molecular weight is 266 g/mol. The van der Waals surface area contributed by atoms with Gasteiger partial charge in [-0.2, -0.15) is 13.2 Å². The van der Waals surface area contributed by atoms with Gasteiger partial charge in [-0.15, -0.1) is 0 Å². The number of aliphatic hydroxyl groups is 1. The molecular weight excluding hydrogens is 253 g/mol. The first-order valence-electron chi connectivity index (χ1n) is 5.79. The van der Waals surface area contributed by atoms with E-state index >= 15 is 0 Å². The molecule has 0 saturated carbocycles. The van der Waals surface area contributed by atoms with Crippen LogP contribution in [0.1, 0.15) is 16.7 Å². The number of aliphatic hydroxyl groups excluding tert-OH is 1. The highest BCUT2D eigenvalue weighted by Crippen LogP contribution is 2.33. The molecule has 0 radical (unpaired) electrons. The van der Waals surface area contributed by atoms with Crippen molar-refractivity contribution >= 4 is 0 Å². The predicted molar refractivity (Wildman–Crippen MR) is 67.5 cm³/mol. The number of rotatable bonds is 2. The smallest absolute Gasteiger partial charge is 0.392 e. The van der Waals surface area contributed by atoms with Crippen molar-refractivity contribution in [3.05, 3.63) is 59.2 Å². The van der Waals surface area contributed by atoms with Crippen molar-refractivity contribution in [2.45, 2.75) is 19.7 Å². The van der Waals surface area contributed by atoms with Crippen molar-refractivity contribution in [3.8, 4) is 11.1 Å². The van der Waals surface area contributed by atoms with Gasteiger partial charge in [0.15, 0.2) is 0 Å². The molecule has 0 fully saturated rings. The van der Waals surface area contributed by atoms with Gasteiger partial charge < -0.3 is 5.11 Å². The Kier molecular flexibility index (Phi) is 3.62. The van der Waals surface area contributed by atoms with Crippen LogP contribution in [0.2, 0.25) is 0 Å². The fourth-order valence-electron chi connectivity index (χ4n) is 1.94. The van der Waals surface area contributed by atoms with Gasteiger partial charge in [0.2, 0.25) is 0 Å². The van der Waals surface area contributed by atoms with Gasteiger partial charge in [0.05, 0.1) is 12.2 Å². The zero-order valence-corrected chi connectivity index (χ0v) is 10.3. The van der Waals surface area contributed by atoms with Crippen molar-refractivity contribution < 1.29 is 18.3 Å². The quantitative estimate of drug-likeness (QED) is 0.864. The number of hydrogen-bond donors (Lipinski definition) is 1. The first-order chi connectivity index (χ1) is 8.90. The Bertz CT molecular complexity index is 588. The van der Waals surface area contributed by atoms with Crippen LogP contribution in [0.3, 0.4) is 0 Å². The maximum Gasteiger partial charge on any atom is 0.416 e. The van der Waals surface area contributed by atoms with Crippen LogP contribution in [-0.4, -0.2) is 5.11 Å². The van der Waals surface area contributed by atoms with E-state index in [9.17, 15) is 13.2 Å². The molecule has 1 N–H and O–H groups in total. The first kappa shape index (κ1) is 13.6. The molecule has 0 aliphatic rings. The monoisotopic (exact) mass is 266 g/mol. The lowest BCUT2D eigenvalue weighted by molar-refractivity contribution is -0.137. The van der Waals surface area contributed by atoms with E-state index in [0.717, 1.165) is 17.7 Å². The fourth-order valence-corrected chi connectivity index (χ4v) is 1.94. The molecule has 100 valence electrons. The van der Waals surface area contributed by atoms with E-state index in [1.807, 2.05) is 19.1 Å². The summed E-state index contributed by atoms with van der Waals surface area (Å²) >= 11 is 0. The molecule has 0 atom stereocenters. The predicted octanol–water partition coefficient (Wildman–Crippen LogP) is 4.17. The average Bonchev–Trinajstić information content (AvgIpc) is 2.37. The van der Waals surface area contributed by atoms with Crippen molar-refractivity contribution in [1.29, 1.82) is 0 Å². The molecule has 0 aliphatic carbocycles. The lowest BCUT2D eigenvalue weighted by atomic mass is 9.98. The molecule has 0 unspecified atom stereocenters. The van der Waals surface area contributed by atoms with Gasteiger partial charge in [0.1, 0.15) is 0 Å². The second-order valence-electron chi connectivity index (χ2n) is 4.44. The summed E-state index contributed by atoms with van der Waals surface area (Å²) in [6, 6.07) is 10.9. The Morgan fingerprint density at radius 1 is 1.00 bits per heavy atom. The van der Waals surface area contributed by atoms with E-state index in [-0.39, 0.29) is 5.56 Å². The molecule has 0 spiro atoms. The van der Waals surface area contributed by atoms with Gasteiger partial charge in [0.25, 0.3) is 0 Å². The molecule has 2 rings (SSSR count). The Morgan fingerprint density at radius 3 is 2.32 bits per heavy atom. The minimum atomic E-state index is -4.41. The van der Waals surface area contributed by atoms with Gasteiger partial charge in [-0.05, 0) is 41.8 Å². The molecule has 2 aromatic carbocycles. The molecule has 0 amide bonds. The molecule has 1 nitrogen and oxygen atoms in total. The van der Waals surface area contributed by atoms with Gasteiger partial charge >= 0.3 is 6.18 Å². The summed E-state index contributed by atoms with van der Waals surface area (Å²) in [5, 5.41) is 9.09. The lowest BCUT2D eigenvalue weighted by Gasteiger charge is -2.12. The maximum absolute atomic E-state index is 12.8. The molecule has 2 aromatic rings. The summed E-state index contributed by atoms with van der Waals surface area (Å²) in [7, 11) is 0. The van der Waals surface area contributed by atoms with Crippen LogP contribution < -0.4 is 0 Å². The molecular formula is C15H13F3O. The van der Waals surface area contributed by atoms with Gasteiger partial charge in [-0.3, -0.25) is 0 Å². The summed E-state index contributed by atoms with van der Waals surface area (Å²) < 4.78 is 38.4. The van der Waals surface area contributed by atoms with Gasteiger partial charge in [0, 0.05) is 0 Å². The van der Waals surface area contributed by atoms with Crippen molar-refractivity contribution in [2.24, 2.45) is 0 Å². The van der Waals surface area contributed by atoms with Gasteiger partial charge in [-0.1, -0.05) is 29.8 Å². The molecule has 0 bridgehead atoms. The molecule has 0 heterocycles. The molecule has 0 aliphatic heterocycles. The standard InChI is InChI=1S/C15H13F3O/c1-10-3-2-4-12(5-10)13-6-11(9-19)7-14(8-13)15(16,17)18/h2-8,19H,9H2,1H3. The summed E-state index contributed by atoms with van der Waals surface area (Å²) in [5.74, 6) is 0. The fraction of sp³-hybridized carbons (Fsp3) is 0.200. The van der Waals surface area contributed by atoms with Crippen LogP contribution in [0.5, 0.6) is 0 Å². The minimum Gasteiger partial charge on any atom is -0.392 e. The Morgan fingerprint density at radius 2 is 1.74 bits per heavy atom. The van der Waals surface area contributed by atoms with E-state index in [1.165, 1.54) is 0 Å². The van der Waals surface area contributed by atoms with Crippen molar-refractivity contribution in [1.82, 2.24) is 0 Å². The normalized spacial score (nSPS) is 11.6. The number of alkyl halides is 3. The lowest BCUT2D eigenvalue weighted by Crippen LogP contribution is -2.06. The third-order valence-corrected chi connectivity index (χ3v) is 2.85. The largest absolute Gasteiger partial charge is 0.416 e. The molecule has 4 heteroatoms. The van der Waals surface area contributed by atoms with E-state index in [4.69, 9.17) is 5.11 Å². The van der Waals surface area contributed by atoms with Gasteiger partial charge in [-0.25, -0.2) is 0 Å². The highest BCUT2D eigenvalue weighted by atomic mass is 19.4. The number of benzene rings is 2. The molecule has 0 saturated heterocycles. The second kappa shape index (κ2) is 5.05. The van der Waals surface area contributed by atoms with E-state index in [1.54, 1.807) is 18.2 Å². The molecule has 0 aromatic heterocycles. The third-order valence-electron chi connectivity index (χ3n) is 2.85. The Hall–Kier alpha value is -1.81. The minimum absolute atomic E-state index is 0.256. The van der Waals surface area contributed by atoms with Crippen LogP contribution in [0, 0.1) is 6.92 Å². The third kappa shape index (κ3) is 3.15. The second-order valence-corrected chi connectivity index (χ2v) is 4.44. The van der Waals surface area contributed by atoms with E-state index in [0.29, 0.717) is 11.1 Å². The summed E-state index contributed by atoms with van der Waals surface area (Å²) in [4.78, 5) is 0. The summed E-state index contributed by atoms with van der Waals surface area (Å²) in [6.45, 7) is 1.47. The Labute approximate surface area is 109 Å². The molecule has 19 heavy (non-hydrogen) atoms. The van der Waals surface area contributed by atoms with E-state index in [2.05, 4.69) is 0 Å². The maximum atomic E-state index is 12.8. The number of halogens is 3. The zero-order chi connectivity index (χ0) is 14.0. The van der Waals surface area contributed by atoms with E-state index < -0.39 is 18.3 Å². The topological polar surface area (TPSA) is 20.2 Å². The van der Waals surface area contributed by atoms with Crippen LogP contribution in [0.4, 0.5) is 13.2 Å². The van der Waals surface area contributed by atoms with Crippen LogP contribution in [0.25, 0.3) is 11.1 Å². The summed E-state index contributed by atoms with van der Waals surface area (Å²) in [5.41, 5.74) is 1.66. The van der Waals surface area contributed by atoms with Crippen LogP contribution >= 0.6 is 0 Å². The van der Waals surface area contributed by atoms with Crippen LogP contribution in [0.15, 0.2) is 42.5 Å². The highest BCUT2D eigenvalue weighted by molar-refractivity contribution is 5.66. The number of hydrogen-bond acceptors (Lipinski definition) is 1. The van der Waals surface area contributed by atoms with Crippen molar-refractivity contribution in [2.75, 3.05) is 0 Å². The zero-order valence-electron chi connectivity index (χ0n) is 10.3. The Balaban J connectivity index is 2.57.